The van der Waals surface area contributed by atoms with E-state index in [1.165, 1.54) is 25.7 Å². The zero-order chi connectivity index (χ0) is 15.1. The number of nitrogens with one attached hydrogen (secondary N) is 2. The highest BCUT2D eigenvalue weighted by Gasteiger charge is 2.18. The fraction of sp³-hybridized carbons (Fsp3) is 0.647. The smallest absolute Gasteiger partial charge is 0.251 e. The van der Waals surface area contributed by atoms with Crippen LogP contribution >= 0.6 is 0 Å². The SMILES string of the molecule is CCNc1cc(C(=O)NCCC2CCC(C)CC2)ccn1. The van der Waals surface area contributed by atoms with Crippen molar-refractivity contribution in [3.05, 3.63) is 23.9 Å². The van der Waals surface area contributed by atoms with Gasteiger partial charge in [-0.2, -0.15) is 0 Å². The van der Waals surface area contributed by atoms with E-state index < -0.39 is 0 Å². The van der Waals surface area contributed by atoms with Crippen LogP contribution in [0.4, 0.5) is 5.82 Å². The zero-order valence-electron chi connectivity index (χ0n) is 13.2. The van der Waals surface area contributed by atoms with Gasteiger partial charge in [0.05, 0.1) is 0 Å². The molecule has 2 rings (SSSR count). The maximum absolute atomic E-state index is 12.1. The molecule has 0 saturated heterocycles. The van der Waals surface area contributed by atoms with E-state index in [1.807, 2.05) is 6.92 Å². The van der Waals surface area contributed by atoms with E-state index >= 15 is 0 Å². The number of hydrogen-bond donors (Lipinski definition) is 2. The van der Waals surface area contributed by atoms with Crippen molar-refractivity contribution in [3.8, 4) is 0 Å². The largest absolute Gasteiger partial charge is 0.370 e. The number of rotatable bonds is 6. The first kappa shape index (κ1) is 15.8. The number of aromatic nitrogens is 1. The van der Waals surface area contributed by atoms with Gasteiger partial charge in [0.2, 0.25) is 0 Å². The van der Waals surface area contributed by atoms with Crippen molar-refractivity contribution in [2.24, 2.45) is 11.8 Å². The number of pyridine rings is 1. The van der Waals surface area contributed by atoms with E-state index in [-0.39, 0.29) is 5.91 Å². The number of hydrogen-bond acceptors (Lipinski definition) is 3. The van der Waals surface area contributed by atoms with Crippen LogP contribution in [-0.4, -0.2) is 24.0 Å². The molecule has 0 radical (unpaired) electrons. The first-order chi connectivity index (χ1) is 10.2. The van der Waals surface area contributed by atoms with Crippen molar-refractivity contribution in [3.63, 3.8) is 0 Å². The average Bonchev–Trinajstić information content (AvgIpc) is 2.50. The van der Waals surface area contributed by atoms with Crippen LogP contribution in [0.2, 0.25) is 0 Å². The fourth-order valence-corrected chi connectivity index (χ4v) is 2.96. The highest BCUT2D eigenvalue weighted by molar-refractivity contribution is 5.94. The Bertz CT molecular complexity index is 453. The van der Waals surface area contributed by atoms with Crippen LogP contribution in [0.25, 0.3) is 0 Å². The summed E-state index contributed by atoms with van der Waals surface area (Å²) < 4.78 is 0. The van der Waals surface area contributed by atoms with Gasteiger partial charge in [0.25, 0.3) is 5.91 Å². The molecule has 0 aliphatic heterocycles. The van der Waals surface area contributed by atoms with E-state index in [4.69, 9.17) is 0 Å². The molecule has 1 aromatic heterocycles. The Morgan fingerprint density at radius 2 is 2.10 bits per heavy atom. The summed E-state index contributed by atoms with van der Waals surface area (Å²) in [6.07, 6.45) is 8.09. The second-order valence-electron chi connectivity index (χ2n) is 6.13. The molecule has 0 atom stereocenters. The van der Waals surface area contributed by atoms with E-state index in [1.54, 1.807) is 18.3 Å². The van der Waals surface area contributed by atoms with E-state index in [2.05, 4.69) is 22.5 Å². The van der Waals surface area contributed by atoms with Crippen molar-refractivity contribution in [2.45, 2.75) is 46.0 Å². The molecule has 1 amide bonds. The molecule has 4 heteroatoms. The molecule has 116 valence electrons. The summed E-state index contributed by atoms with van der Waals surface area (Å²) in [6.45, 7) is 5.93. The van der Waals surface area contributed by atoms with Crippen LogP contribution in [0.3, 0.4) is 0 Å². The number of carbonyl (C=O) groups excluding carboxylic acids is 1. The monoisotopic (exact) mass is 289 g/mol. The van der Waals surface area contributed by atoms with E-state index in [9.17, 15) is 4.79 Å². The molecule has 0 spiro atoms. The van der Waals surface area contributed by atoms with E-state index in [0.29, 0.717) is 5.56 Å². The Morgan fingerprint density at radius 3 is 2.81 bits per heavy atom. The summed E-state index contributed by atoms with van der Waals surface area (Å²) in [5.41, 5.74) is 0.679. The molecule has 21 heavy (non-hydrogen) atoms. The molecule has 1 aromatic rings. The predicted molar refractivity (Wildman–Crippen MR) is 86.5 cm³/mol. The van der Waals surface area contributed by atoms with Crippen LogP contribution in [-0.2, 0) is 0 Å². The van der Waals surface area contributed by atoms with E-state index in [0.717, 1.165) is 37.2 Å². The summed E-state index contributed by atoms with van der Waals surface area (Å²) in [7, 11) is 0. The van der Waals surface area contributed by atoms with Gasteiger partial charge in [-0.15, -0.1) is 0 Å². The summed E-state index contributed by atoms with van der Waals surface area (Å²) in [5.74, 6) is 2.43. The minimum Gasteiger partial charge on any atom is -0.370 e. The highest BCUT2D eigenvalue weighted by Crippen LogP contribution is 2.29. The number of nitrogens with zero attached hydrogens (tertiary/aromatic N) is 1. The second kappa shape index (κ2) is 8.01. The summed E-state index contributed by atoms with van der Waals surface area (Å²) in [6, 6.07) is 3.57. The van der Waals surface area contributed by atoms with Crippen molar-refractivity contribution >= 4 is 11.7 Å². The minimum atomic E-state index is 0.000676. The third kappa shape index (κ3) is 5.03. The Kier molecular flexibility index (Phi) is 6.03. The van der Waals surface area contributed by atoms with Crippen LogP contribution in [0.5, 0.6) is 0 Å². The Morgan fingerprint density at radius 1 is 1.33 bits per heavy atom. The topological polar surface area (TPSA) is 54.0 Å². The molecule has 1 saturated carbocycles. The molecule has 4 nitrogen and oxygen atoms in total. The lowest BCUT2D eigenvalue weighted by molar-refractivity contribution is 0.0949. The van der Waals surface area contributed by atoms with Gasteiger partial charge in [0, 0.05) is 24.8 Å². The Balaban J connectivity index is 1.75. The maximum atomic E-state index is 12.1. The van der Waals surface area contributed by atoms with Gasteiger partial charge in [-0.1, -0.05) is 32.6 Å². The molecule has 0 unspecified atom stereocenters. The van der Waals surface area contributed by atoms with Crippen LogP contribution in [0, 0.1) is 11.8 Å². The standard InChI is InChI=1S/C17H27N3O/c1-3-18-16-12-15(9-11-19-16)17(21)20-10-8-14-6-4-13(2)5-7-14/h9,11-14H,3-8,10H2,1-2H3,(H,18,19)(H,20,21). The fourth-order valence-electron chi connectivity index (χ4n) is 2.96. The number of anilines is 1. The van der Waals surface area contributed by atoms with Crippen molar-refractivity contribution in [2.75, 3.05) is 18.4 Å². The number of amides is 1. The molecular formula is C17H27N3O. The zero-order valence-corrected chi connectivity index (χ0v) is 13.2. The van der Waals surface area contributed by atoms with Gasteiger partial charge in [-0.05, 0) is 37.3 Å². The normalized spacial score (nSPS) is 21.8. The van der Waals surface area contributed by atoms with Crippen molar-refractivity contribution < 1.29 is 4.79 Å². The highest BCUT2D eigenvalue weighted by atomic mass is 16.1. The Hall–Kier alpha value is -1.58. The third-order valence-corrected chi connectivity index (χ3v) is 4.35. The third-order valence-electron chi connectivity index (χ3n) is 4.35. The lowest BCUT2D eigenvalue weighted by Crippen LogP contribution is -2.27. The molecule has 0 bridgehead atoms. The first-order valence-electron chi connectivity index (χ1n) is 8.17. The average molecular weight is 289 g/mol. The molecule has 1 aliphatic rings. The molecular weight excluding hydrogens is 262 g/mol. The van der Waals surface area contributed by atoms with Gasteiger partial charge in [-0.3, -0.25) is 4.79 Å². The van der Waals surface area contributed by atoms with Gasteiger partial charge >= 0.3 is 0 Å². The minimum absolute atomic E-state index is 0.000676. The summed E-state index contributed by atoms with van der Waals surface area (Å²) in [5, 5.41) is 6.16. The number of carbonyl (C=O) groups is 1. The first-order valence-corrected chi connectivity index (χ1v) is 8.17. The molecule has 1 heterocycles. The maximum Gasteiger partial charge on any atom is 0.251 e. The molecule has 1 aliphatic carbocycles. The predicted octanol–water partition coefficient (Wildman–Crippen LogP) is 3.46. The Labute approximate surface area is 127 Å². The van der Waals surface area contributed by atoms with Gasteiger partial charge < -0.3 is 10.6 Å². The second-order valence-corrected chi connectivity index (χ2v) is 6.13. The lowest BCUT2D eigenvalue weighted by Gasteiger charge is -2.26. The van der Waals surface area contributed by atoms with Gasteiger partial charge in [0.15, 0.2) is 0 Å². The summed E-state index contributed by atoms with van der Waals surface area (Å²) in [4.78, 5) is 16.3. The van der Waals surface area contributed by atoms with Crippen molar-refractivity contribution in [1.29, 1.82) is 0 Å². The molecule has 0 aromatic carbocycles. The van der Waals surface area contributed by atoms with Crippen LogP contribution < -0.4 is 10.6 Å². The molecule has 2 N–H and O–H groups in total. The van der Waals surface area contributed by atoms with Crippen molar-refractivity contribution in [1.82, 2.24) is 10.3 Å². The summed E-state index contributed by atoms with van der Waals surface area (Å²) >= 11 is 0. The van der Waals surface area contributed by atoms with Crippen LogP contribution in [0.15, 0.2) is 18.3 Å². The van der Waals surface area contributed by atoms with Gasteiger partial charge in [0.1, 0.15) is 5.82 Å². The van der Waals surface area contributed by atoms with Crippen LogP contribution in [0.1, 0.15) is 56.3 Å². The lowest BCUT2D eigenvalue weighted by atomic mass is 9.81. The quantitative estimate of drug-likeness (QED) is 0.843. The molecule has 1 fully saturated rings. The van der Waals surface area contributed by atoms with Gasteiger partial charge in [-0.25, -0.2) is 4.98 Å².